The Balaban J connectivity index is 2.35. The molecule has 118 valence electrons. The lowest BCUT2D eigenvalue weighted by molar-refractivity contribution is 0.342. The number of nitrogens with two attached hydrogens (primary N) is 1. The van der Waals surface area contributed by atoms with Crippen LogP contribution in [0.1, 0.15) is 13.8 Å². The third kappa shape index (κ3) is 3.58. The number of rotatable bonds is 5. The van der Waals surface area contributed by atoms with E-state index in [2.05, 4.69) is 0 Å². The molecule has 1 aliphatic heterocycles. The van der Waals surface area contributed by atoms with Gasteiger partial charge in [-0.05, 0) is 19.1 Å². The van der Waals surface area contributed by atoms with Crippen LogP contribution in [0.15, 0.2) is 18.2 Å². The van der Waals surface area contributed by atoms with Crippen molar-refractivity contribution in [2.45, 2.75) is 19.2 Å². The van der Waals surface area contributed by atoms with Gasteiger partial charge in [0.2, 0.25) is 0 Å². The number of sulfone groups is 1. The van der Waals surface area contributed by atoms with Gasteiger partial charge in [0.05, 0.1) is 12.3 Å². The molecule has 0 spiro atoms. The molecule has 1 saturated heterocycles. The molecule has 1 heterocycles. The molecule has 0 saturated carbocycles. The van der Waals surface area contributed by atoms with Crippen LogP contribution < -0.4 is 15.4 Å². The molecule has 21 heavy (non-hydrogen) atoms. The fourth-order valence-corrected chi connectivity index (χ4v) is 5.34. The highest BCUT2D eigenvalue weighted by Gasteiger charge is 2.33. The average molecular weight is 330 g/mol. The summed E-state index contributed by atoms with van der Waals surface area (Å²) in [5.74, 6) is 2.29. The number of anilines is 2. The van der Waals surface area contributed by atoms with Crippen molar-refractivity contribution >= 4 is 33.0 Å². The molecule has 2 rings (SSSR count). The first-order valence-corrected chi connectivity index (χ1v) is 9.95. The summed E-state index contributed by atoms with van der Waals surface area (Å²) < 4.78 is 30.1. The van der Waals surface area contributed by atoms with Gasteiger partial charge in [0.15, 0.2) is 9.84 Å². The number of hydrogen-bond acceptors (Lipinski definition) is 6. The second-order valence-corrected chi connectivity index (χ2v) is 8.43. The zero-order valence-corrected chi connectivity index (χ0v) is 14.0. The fourth-order valence-electron chi connectivity index (χ4n) is 2.35. The van der Waals surface area contributed by atoms with E-state index in [1.54, 1.807) is 24.8 Å². The molecule has 0 bridgehead atoms. The molecule has 0 amide bonds. The summed E-state index contributed by atoms with van der Waals surface area (Å²) >= 11 is 1.68. The fraction of sp³-hybridized carbons (Fsp3) is 0.571. The third-order valence-electron chi connectivity index (χ3n) is 3.53. The predicted molar refractivity (Wildman–Crippen MR) is 89.9 cm³/mol. The van der Waals surface area contributed by atoms with Crippen LogP contribution in [0, 0.1) is 0 Å². The molecule has 1 aromatic carbocycles. The second-order valence-electron chi connectivity index (χ2n) is 4.83. The van der Waals surface area contributed by atoms with Crippen molar-refractivity contribution in [2.24, 2.45) is 0 Å². The van der Waals surface area contributed by atoms with Gasteiger partial charge in [0, 0.05) is 35.6 Å². The Hall–Kier alpha value is -1.08. The lowest BCUT2D eigenvalue weighted by Crippen LogP contribution is -2.48. The van der Waals surface area contributed by atoms with E-state index in [4.69, 9.17) is 10.5 Å². The summed E-state index contributed by atoms with van der Waals surface area (Å²) in [5, 5.41) is -0.473. The highest BCUT2D eigenvalue weighted by atomic mass is 32.2. The van der Waals surface area contributed by atoms with Gasteiger partial charge in [-0.1, -0.05) is 6.92 Å². The monoisotopic (exact) mass is 330 g/mol. The highest BCUT2D eigenvalue weighted by Crippen LogP contribution is 2.32. The lowest BCUT2D eigenvalue weighted by Gasteiger charge is -2.36. The summed E-state index contributed by atoms with van der Waals surface area (Å²) in [5.41, 5.74) is 7.31. The van der Waals surface area contributed by atoms with E-state index in [0.29, 0.717) is 30.3 Å². The minimum Gasteiger partial charge on any atom is -0.492 e. The Morgan fingerprint density at radius 1 is 1.43 bits per heavy atom. The zero-order valence-electron chi connectivity index (χ0n) is 12.4. The van der Waals surface area contributed by atoms with E-state index in [9.17, 15) is 8.42 Å². The van der Waals surface area contributed by atoms with Crippen molar-refractivity contribution in [1.82, 2.24) is 0 Å². The standard InChI is InChI=1S/C14H22N2O3S2/c1-3-19-13-9-11(5-6-12(13)15)16-7-8-20-10-14(16)21(17,18)4-2/h5-6,9,14H,3-4,7-8,10,15H2,1-2H3. The van der Waals surface area contributed by atoms with Crippen molar-refractivity contribution in [3.63, 3.8) is 0 Å². The van der Waals surface area contributed by atoms with E-state index in [1.807, 2.05) is 24.0 Å². The van der Waals surface area contributed by atoms with Crippen LogP contribution in [-0.2, 0) is 9.84 Å². The summed E-state index contributed by atoms with van der Waals surface area (Å²) in [4.78, 5) is 1.96. The quantitative estimate of drug-likeness (QED) is 0.832. The van der Waals surface area contributed by atoms with Gasteiger partial charge in [0.1, 0.15) is 11.1 Å². The molecule has 7 heteroatoms. The van der Waals surface area contributed by atoms with Crippen molar-refractivity contribution < 1.29 is 13.2 Å². The normalized spacial score (nSPS) is 19.5. The SMILES string of the molecule is CCOc1cc(N2CCSCC2S(=O)(=O)CC)ccc1N. The van der Waals surface area contributed by atoms with Crippen LogP contribution in [0.5, 0.6) is 5.75 Å². The maximum atomic E-state index is 12.3. The molecule has 5 nitrogen and oxygen atoms in total. The van der Waals surface area contributed by atoms with Crippen LogP contribution in [0.3, 0.4) is 0 Å². The Morgan fingerprint density at radius 3 is 2.86 bits per heavy atom. The first kappa shape index (κ1) is 16.3. The molecular formula is C14H22N2O3S2. The number of thioether (sulfide) groups is 1. The molecule has 0 radical (unpaired) electrons. The topological polar surface area (TPSA) is 72.6 Å². The van der Waals surface area contributed by atoms with Gasteiger partial charge in [0.25, 0.3) is 0 Å². The summed E-state index contributed by atoms with van der Waals surface area (Å²) in [6, 6.07) is 5.48. The Morgan fingerprint density at radius 2 is 2.19 bits per heavy atom. The van der Waals surface area contributed by atoms with E-state index >= 15 is 0 Å². The third-order valence-corrected chi connectivity index (χ3v) is 6.82. The number of nitrogens with zero attached hydrogens (tertiary/aromatic N) is 1. The number of hydrogen-bond donors (Lipinski definition) is 1. The maximum absolute atomic E-state index is 12.3. The Kier molecular flexibility index (Phi) is 5.27. The van der Waals surface area contributed by atoms with Crippen molar-refractivity contribution in [2.75, 3.05) is 41.0 Å². The van der Waals surface area contributed by atoms with Crippen molar-refractivity contribution in [3.8, 4) is 5.75 Å². The van der Waals surface area contributed by atoms with Gasteiger partial charge in [-0.3, -0.25) is 0 Å². The first-order chi connectivity index (χ1) is 9.99. The van der Waals surface area contributed by atoms with Gasteiger partial charge in [-0.2, -0.15) is 11.8 Å². The van der Waals surface area contributed by atoms with Crippen molar-refractivity contribution in [3.05, 3.63) is 18.2 Å². The van der Waals surface area contributed by atoms with Crippen LogP contribution >= 0.6 is 11.8 Å². The maximum Gasteiger partial charge on any atom is 0.171 e. The van der Waals surface area contributed by atoms with E-state index in [1.165, 1.54) is 0 Å². The van der Waals surface area contributed by atoms with Gasteiger partial charge < -0.3 is 15.4 Å². The van der Waals surface area contributed by atoms with E-state index in [0.717, 1.165) is 11.4 Å². The minimum absolute atomic E-state index is 0.155. The predicted octanol–water partition coefficient (Wildman–Crippen LogP) is 1.98. The minimum atomic E-state index is -3.12. The molecule has 1 atom stereocenters. The second kappa shape index (κ2) is 6.79. The Bertz CT molecular complexity index is 590. The van der Waals surface area contributed by atoms with Gasteiger partial charge in [-0.15, -0.1) is 0 Å². The van der Waals surface area contributed by atoms with E-state index in [-0.39, 0.29) is 5.75 Å². The van der Waals surface area contributed by atoms with Gasteiger partial charge in [-0.25, -0.2) is 8.42 Å². The molecular weight excluding hydrogens is 308 g/mol. The number of ether oxygens (including phenoxy) is 1. The van der Waals surface area contributed by atoms with Crippen LogP contribution in [0.4, 0.5) is 11.4 Å². The van der Waals surface area contributed by atoms with Crippen LogP contribution in [0.25, 0.3) is 0 Å². The smallest absolute Gasteiger partial charge is 0.171 e. The molecule has 0 aromatic heterocycles. The largest absolute Gasteiger partial charge is 0.492 e. The first-order valence-electron chi connectivity index (χ1n) is 7.08. The van der Waals surface area contributed by atoms with Crippen LogP contribution in [-0.4, -0.2) is 44.2 Å². The molecule has 1 fully saturated rings. The molecule has 1 unspecified atom stereocenters. The number of benzene rings is 1. The van der Waals surface area contributed by atoms with E-state index < -0.39 is 15.2 Å². The summed E-state index contributed by atoms with van der Waals surface area (Å²) in [6.45, 7) is 4.83. The summed E-state index contributed by atoms with van der Waals surface area (Å²) in [7, 11) is -3.12. The molecule has 1 aromatic rings. The molecule has 0 aliphatic carbocycles. The highest BCUT2D eigenvalue weighted by molar-refractivity contribution is 8.01. The lowest BCUT2D eigenvalue weighted by atomic mass is 10.2. The average Bonchev–Trinajstić information content (AvgIpc) is 2.50. The van der Waals surface area contributed by atoms with Gasteiger partial charge >= 0.3 is 0 Å². The number of nitrogen functional groups attached to an aromatic ring is 1. The zero-order chi connectivity index (χ0) is 15.5. The van der Waals surface area contributed by atoms with Crippen molar-refractivity contribution in [1.29, 1.82) is 0 Å². The summed E-state index contributed by atoms with van der Waals surface area (Å²) in [6.07, 6.45) is 0. The van der Waals surface area contributed by atoms with Crippen LogP contribution in [0.2, 0.25) is 0 Å². The molecule has 2 N–H and O–H groups in total. The Labute approximate surface area is 130 Å². The molecule has 1 aliphatic rings.